The lowest BCUT2D eigenvalue weighted by atomic mass is 9.63. The quantitative estimate of drug-likeness (QED) is 0.0757. The lowest BCUT2D eigenvalue weighted by Gasteiger charge is -2.47. The van der Waals surface area contributed by atoms with Crippen LogP contribution in [0, 0.1) is 71.7 Å². The molecule has 8 saturated heterocycles. The molecular weight excluding hydrogens is 1960 g/mol. The summed E-state index contributed by atoms with van der Waals surface area (Å²) in [4.78, 5) is 127. The molecule has 21 nitrogen and oxygen atoms in total. The van der Waals surface area contributed by atoms with E-state index in [2.05, 4.69) is 60.6 Å². The number of aromatic hydroxyl groups is 1. The number of aryl methyl sites for hydroxylation is 1. The largest absolute Gasteiger partial charge is 0.508 e. The zero-order valence-corrected chi connectivity index (χ0v) is 91.6. The number of piperidine rings is 8. The SMILES string of the molecule is CN(C)C(=O)c1ccc(N2CCC(C3CCN(C(=O)C4(c5cc(F)ccc5F)CCC4)CC3)CC2)cc1Cl.CN(C)C(=O)c1ccc(N2CCC(C3CCN(C(=O)C4(c5ccc(O)cc5)CCCC4)CC3)CC2)cc1Cl.CN(C)C(=O)c1ccc(N2CCC(C3CCN(C(=O)C4(c5ccccc5F)CC4)CC3)CC2)cc1Cl.Cc1ccc(C2(C(=O)N3CCC(C4CCN(c5ccc(C(=O)N(C)C)c(Cl)c5)CC4)CC3)CCC2)cc1. The molecule has 8 amide bonds. The first-order valence-corrected chi connectivity index (χ1v) is 56.4. The van der Waals surface area contributed by atoms with Crippen LogP contribution in [0.5, 0.6) is 5.75 Å². The Morgan fingerprint density at radius 2 is 0.530 bits per heavy atom. The Kier molecular flexibility index (Phi) is 35.2. The van der Waals surface area contributed by atoms with Crippen molar-refractivity contribution in [2.75, 3.05) is 181 Å². The highest BCUT2D eigenvalue weighted by Crippen LogP contribution is 2.54. The van der Waals surface area contributed by atoms with Gasteiger partial charge in [0.1, 0.15) is 23.2 Å². The minimum atomic E-state index is -0.904. The lowest BCUT2D eigenvalue weighted by Crippen LogP contribution is -2.54. The molecule has 4 saturated carbocycles. The zero-order chi connectivity index (χ0) is 105. The van der Waals surface area contributed by atoms with E-state index in [0.717, 1.165) is 286 Å². The van der Waals surface area contributed by atoms with Crippen LogP contribution in [0.25, 0.3) is 0 Å². The van der Waals surface area contributed by atoms with Crippen LogP contribution < -0.4 is 19.6 Å². The van der Waals surface area contributed by atoms with E-state index in [-0.39, 0.29) is 58.0 Å². The predicted molar refractivity (Wildman–Crippen MR) is 589 cm³/mol. The monoisotopic (exact) mass is 2110 g/mol. The van der Waals surface area contributed by atoms with E-state index in [0.29, 0.717) is 133 Å². The van der Waals surface area contributed by atoms with Crippen molar-refractivity contribution < 1.29 is 56.6 Å². The van der Waals surface area contributed by atoms with E-state index in [1.165, 1.54) is 45.9 Å². The summed E-state index contributed by atoms with van der Waals surface area (Å²) in [7, 11) is 13.8. The van der Waals surface area contributed by atoms with Gasteiger partial charge in [-0.1, -0.05) is 132 Å². The first-order chi connectivity index (χ1) is 71.5. The molecule has 0 atom stereocenters. The third kappa shape index (κ3) is 24.1. The molecule has 8 heterocycles. The Balaban J connectivity index is 0.000000135. The van der Waals surface area contributed by atoms with Crippen molar-refractivity contribution in [3.05, 3.63) is 251 Å². The third-order valence-electron chi connectivity index (χ3n) is 36.1. The molecule has 1 N–H and O–H groups in total. The Labute approximate surface area is 899 Å². The topological polar surface area (TPSA) is 196 Å². The van der Waals surface area contributed by atoms with E-state index >= 15 is 0 Å². The van der Waals surface area contributed by atoms with Gasteiger partial charge in [0.05, 0.1) is 64.0 Å². The van der Waals surface area contributed by atoms with Gasteiger partial charge in [-0.05, 0) is 329 Å². The highest BCUT2D eigenvalue weighted by Gasteiger charge is 2.56. The second kappa shape index (κ2) is 47.8. The fourth-order valence-corrected chi connectivity index (χ4v) is 27.5. The number of carbonyl (C=O) groups excluding carboxylic acids is 8. The maximum Gasteiger partial charge on any atom is 0.254 e. The van der Waals surface area contributed by atoms with Gasteiger partial charge in [0, 0.05) is 195 Å². The highest BCUT2D eigenvalue weighted by molar-refractivity contribution is 6.35. The zero-order valence-electron chi connectivity index (χ0n) is 88.5. The summed E-state index contributed by atoms with van der Waals surface area (Å²) in [6, 6.07) is 49.2. The van der Waals surface area contributed by atoms with E-state index in [1.807, 2.05) is 101 Å². The van der Waals surface area contributed by atoms with Gasteiger partial charge in [0.15, 0.2) is 0 Å². The summed E-state index contributed by atoms with van der Waals surface area (Å²) in [6.07, 6.45) is 28.0. The number of hydrogen-bond donors (Lipinski definition) is 1. The number of likely N-dealkylation sites (tertiary alicyclic amines) is 4. The summed E-state index contributed by atoms with van der Waals surface area (Å²) in [5.41, 5.74) is 8.52. The van der Waals surface area contributed by atoms with E-state index in [9.17, 15) is 56.6 Å². The molecule has 8 aromatic rings. The highest BCUT2D eigenvalue weighted by atomic mass is 35.5. The number of carbonyl (C=O) groups is 8. The number of hydrogen-bond acceptors (Lipinski definition) is 13. The summed E-state index contributed by atoms with van der Waals surface area (Å²) >= 11 is 25.8. The molecular formula is C121H151Cl4F3N12O9. The van der Waals surface area contributed by atoms with Gasteiger partial charge in [-0.2, -0.15) is 0 Å². The van der Waals surface area contributed by atoms with Crippen LogP contribution in [0.15, 0.2) is 164 Å². The maximum absolute atomic E-state index is 14.6. The van der Waals surface area contributed by atoms with Crippen molar-refractivity contribution in [3.8, 4) is 5.75 Å². The van der Waals surface area contributed by atoms with Gasteiger partial charge in [-0.15, -0.1) is 0 Å². The van der Waals surface area contributed by atoms with Gasteiger partial charge >= 0.3 is 0 Å². The van der Waals surface area contributed by atoms with Crippen LogP contribution in [0.2, 0.25) is 20.1 Å². The van der Waals surface area contributed by atoms with Gasteiger partial charge in [0.25, 0.3) is 23.6 Å². The standard InChI is InChI=1S/C31H40ClN3O3.C31H40ClN3O2.C30H36ClF2N3O2.C29H35ClFN3O2/c1-33(2)29(37)27-10-7-25(21-28(27)32)34-17-11-22(12-18-34)23-13-19-35(20-14-23)30(38)31(15-3-4-16-31)24-5-8-26(36)9-6-24;1-22-5-7-25(8-6-22)31(15-4-16-31)30(37)35-19-13-24(14-20-35)23-11-17-34(18-12-23)26-9-10-27(28(32)21-26)29(36)33(2)3;1-34(2)28(37)24-6-5-23(19-26(24)31)35-14-8-20(9-15-35)21-10-16-36(17-11-21)29(38)30(12-3-13-30)25-18-22(32)4-7-27(25)33;1-32(2)27(35)23-8-7-22(19-25(23)30)33-15-9-20(10-16-33)21-11-17-34(18-12-21)28(36)29(13-14-29)24-5-3-4-6-26(24)31/h5-10,21-23,36H,3-4,11-20H2,1-2H3;5-10,21,23-24H,4,11-20H2,1-3H3;4-7,18-21H,3,8-17H2,1-2H3;3-8,19-21H,9-18H2,1-2H3. The number of anilines is 4. The Bertz CT molecular complexity index is 6070. The lowest BCUT2D eigenvalue weighted by molar-refractivity contribution is -0.143. The Hall–Kier alpha value is -10.5. The number of halogens is 7. The van der Waals surface area contributed by atoms with Gasteiger partial charge < -0.3 is 63.9 Å². The number of phenols is 1. The summed E-state index contributed by atoms with van der Waals surface area (Å²) < 4.78 is 43.0. The molecule has 20 rings (SSSR count). The molecule has 4 aliphatic carbocycles. The van der Waals surface area contributed by atoms with Crippen molar-refractivity contribution in [1.82, 2.24) is 39.2 Å². The van der Waals surface area contributed by atoms with Gasteiger partial charge in [0.2, 0.25) is 23.6 Å². The fourth-order valence-electron chi connectivity index (χ4n) is 26.5. The summed E-state index contributed by atoms with van der Waals surface area (Å²) in [6.45, 7) is 16.3. The van der Waals surface area contributed by atoms with E-state index < -0.39 is 27.9 Å². The van der Waals surface area contributed by atoms with E-state index in [1.54, 1.807) is 90.4 Å². The smallest absolute Gasteiger partial charge is 0.254 e. The number of rotatable bonds is 20. The van der Waals surface area contributed by atoms with Crippen LogP contribution >= 0.6 is 46.4 Å². The average molecular weight is 2120 g/mol. The van der Waals surface area contributed by atoms with Crippen molar-refractivity contribution in [1.29, 1.82) is 0 Å². The maximum atomic E-state index is 14.6. The molecule has 798 valence electrons. The van der Waals surface area contributed by atoms with Crippen LogP contribution in [0.3, 0.4) is 0 Å². The summed E-state index contributed by atoms with van der Waals surface area (Å²) in [5, 5.41) is 11.7. The summed E-state index contributed by atoms with van der Waals surface area (Å²) in [5.74, 6) is 4.64. The molecule has 8 aliphatic heterocycles. The first kappa shape index (κ1) is 110. The predicted octanol–water partition coefficient (Wildman–Crippen LogP) is 22.9. The Morgan fingerprint density at radius 1 is 0.282 bits per heavy atom. The average Bonchev–Trinajstić information content (AvgIpc) is 1.45. The minimum absolute atomic E-state index is 0.0328. The molecule has 0 spiro atoms. The number of amides is 8. The van der Waals surface area contributed by atoms with Crippen molar-refractivity contribution in [3.63, 3.8) is 0 Å². The molecule has 12 fully saturated rings. The van der Waals surface area contributed by atoms with Gasteiger partial charge in [-0.3, -0.25) is 38.4 Å². The molecule has 8 aromatic carbocycles. The molecule has 0 unspecified atom stereocenters. The first-order valence-electron chi connectivity index (χ1n) is 54.9. The molecule has 28 heteroatoms. The number of phenolic OH excluding ortho intramolecular Hbond substituents is 1. The third-order valence-corrected chi connectivity index (χ3v) is 37.3. The Morgan fingerprint density at radius 3 is 0.785 bits per heavy atom. The molecule has 149 heavy (non-hydrogen) atoms. The van der Waals surface area contributed by atoms with Crippen molar-refractivity contribution in [2.24, 2.45) is 47.3 Å². The normalized spacial score (nSPS) is 20.4. The fraction of sp³-hybridized carbons (Fsp3) is 0.537. The second-order valence-corrected chi connectivity index (χ2v) is 47.2. The number of benzene rings is 8. The van der Waals surface area contributed by atoms with Crippen LogP contribution in [0.4, 0.5) is 35.9 Å². The van der Waals surface area contributed by atoms with Gasteiger partial charge in [-0.25, -0.2) is 13.2 Å². The van der Waals surface area contributed by atoms with E-state index in [4.69, 9.17) is 46.4 Å². The van der Waals surface area contributed by atoms with Crippen LogP contribution in [0.1, 0.15) is 249 Å². The molecule has 0 aromatic heterocycles. The molecule has 12 aliphatic rings. The minimum Gasteiger partial charge on any atom is -0.508 e. The van der Waals surface area contributed by atoms with Crippen LogP contribution in [-0.2, 0) is 40.8 Å². The van der Waals surface area contributed by atoms with Crippen molar-refractivity contribution in [2.45, 2.75) is 208 Å². The van der Waals surface area contributed by atoms with Crippen LogP contribution in [-0.4, -0.2) is 253 Å². The number of nitrogens with zero attached hydrogens (tertiary/aromatic N) is 12. The van der Waals surface area contributed by atoms with Crippen molar-refractivity contribution >= 4 is 116 Å². The molecule has 0 radical (unpaired) electrons. The molecule has 0 bridgehead atoms. The second-order valence-electron chi connectivity index (χ2n) is 45.5.